The van der Waals surface area contributed by atoms with Crippen molar-refractivity contribution < 1.29 is 4.74 Å². The molecular formula is C9H20O. The fourth-order valence-corrected chi connectivity index (χ4v) is 1.36. The van der Waals surface area contributed by atoms with Gasteiger partial charge in [0.05, 0.1) is 5.60 Å². The zero-order valence-corrected chi connectivity index (χ0v) is 7.74. The van der Waals surface area contributed by atoms with Crippen LogP contribution in [0.3, 0.4) is 0 Å². The lowest BCUT2D eigenvalue weighted by molar-refractivity contribution is -0.0477. The normalized spacial score (nSPS) is 12.0. The van der Waals surface area contributed by atoms with Crippen LogP contribution in [0.15, 0.2) is 0 Å². The summed E-state index contributed by atoms with van der Waals surface area (Å²) in [5.41, 5.74) is 0.175. The second-order valence-corrected chi connectivity index (χ2v) is 2.68. The number of hydrogen-bond acceptors (Lipinski definition) is 1. The predicted molar refractivity (Wildman–Crippen MR) is 45.2 cm³/mol. The molecule has 0 rings (SSSR count). The molecule has 0 aromatic rings. The molecule has 0 saturated heterocycles. The van der Waals surface area contributed by atoms with Gasteiger partial charge in [0.15, 0.2) is 0 Å². The monoisotopic (exact) mass is 144 g/mol. The van der Waals surface area contributed by atoms with E-state index in [1.54, 1.807) is 0 Å². The average molecular weight is 144 g/mol. The first kappa shape index (κ1) is 9.96. The molecule has 0 aliphatic rings. The topological polar surface area (TPSA) is 9.23 Å². The third-order valence-electron chi connectivity index (χ3n) is 2.38. The van der Waals surface area contributed by atoms with Crippen molar-refractivity contribution in [3.63, 3.8) is 0 Å². The maximum atomic E-state index is 5.68. The lowest BCUT2D eigenvalue weighted by Gasteiger charge is -2.30. The lowest BCUT2D eigenvalue weighted by Crippen LogP contribution is -2.29. The number of rotatable bonds is 5. The molecule has 0 N–H and O–H groups in total. The molecule has 0 aliphatic heterocycles. The van der Waals surface area contributed by atoms with Gasteiger partial charge < -0.3 is 4.74 Å². The van der Waals surface area contributed by atoms with E-state index in [-0.39, 0.29) is 5.60 Å². The zero-order valence-electron chi connectivity index (χ0n) is 7.74. The molecule has 0 aliphatic carbocycles. The van der Waals surface area contributed by atoms with Gasteiger partial charge in [-0.3, -0.25) is 0 Å². The lowest BCUT2D eigenvalue weighted by atomic mass is 9.94. The van der Waals surface area contributed by atoms with Gasteiger partial charge in [-0.15, -0.1) is 0 Å². The van der Waals surface area contributed by atoms with E-state index in [2.05, 4.69) is 27.7 Å². The Morgan fingerprint density at radius 3 is 1.40 bits per heavy atom. The summed E-state index contributed by atoms with van der Waals surface area (Å²) in [4.78, 5) is 0. The van der Waals surface area contributed by atoms with Crippen LogP contribution in [0, 0.1) is 0 Å². The van der Waals surface area contributed by atoms with Crippen LogP contribution in [0.1, 0.15) is 47.0 Å². The van der Waals surface area contributed by atoms with Crippen LogP contribution in [0.4, 0.5) is 0 Å². The molecule has 0 aromatic heterocycles. The van der Waals surface area contributed by atoms with Crippen LogP contribution in [-0.4, -0.2) is 12.2 Å². The summed E-state index contributed by atoms with van der Waals surface area (Å²) in [5.74, 6) is 0. The van der Waals surface area contributed by atoms with Gasteiger partial charge in [-0.1, -0.05) is 20.8 Å². The van der Waals surface area contributed by atoms with Crippen molar-refractivity contribution >= 4 is 0 Å². The molecule has 0 aromatic carbocycles. The summed E-state index contributed by atoms with van der Waals surface area (Å²) in [6, 6.07) is 0. The van der Waals surface area contributed by atoms with Crippen LogP contribution < -0.4 is 0 Å². The molecule has 10 heavy (non-hydrogen) atoms. The molecule has 0 amide bonds. The Morgan fingerprint density at radius 2 is 1.30 bits per heavy atom. The molecule has 62 valence electrons. The number of hydrogen-bond donors (Lipinski definition) is 0. The van der Waals surface area contributed by atoms with E-state index >= 15 is 0 Å². The third-order valence-corrected chi connectivity index (χ3v) is 2.38. The first-order valence-corrected chi connectivity index (χ1v) is 4.38. The molecule has 1 nitrogen and oxygen atoms in total. The average Bonchev–Trinajstić information content (AvgIpc) is 2.01. The summed E-state index contributed by atoms with van der Waals surface area (Å²) in [6.07, 6.45) is 3.40. The van der Waals surface area contributed by atoms with Crippen LogP contribution in [0.5, 0.6) is 0 Å². The van der Waals surface area contributed by atoms with Gasteiger partial charge in [0.25, 0.3) is 0 Å². The van der Waals surface area contributed by atoms with Gasteiger partial charge in [-0.2, -0.15) is 0 Å². The largest absolute Gasteiger partial charge is 0.375 e. The quantitative estimate of drug-likeness (QED) is 0.576. The van der Waals surface area contributed by atoms with Gasteiger partial charge in [-0.25, -0.2) is 0 Å². The minimum atomic E-state index is 0.175. The SMILES string of the molecule is CCOC(CC)(CC)CC. The van der Waals surface area contributed by atoms with E-state index in [0.29, 0.717) is 0 Å². The summed E-state index contributed by atoms with van der Waals surface area (Å²) in [5, 5.41) is 0. The summed E-state index contributed by atoms with van der Waals surface area (Å²) >= 11 is 0. The van der Waals surface area contributed by atoms with Gasteiger partial charge in [0, 0.05) is 6.61 Å². The molecule has 0 radical (unpaired) electrons. The highest BCUT2D eigenvalue weighted by Gasteiger charge is 2.22. The Hall–Kier alpha value is -0.0400. The smallest absolute Gasteiger partial charge is 0.0674 e. The van der Waals surface area contributed by atoms with Crippen molar-refractivity contribution in [2.75, 3.05) is 6.61 Å². The van der Waals surface area contributed by atoms with Crippen molar-refractivity contribution in [1.29, 1.82) is 0 Å². The van der Waals surface area contributed by atoms with Crippen LogP contribution in [0.2, 0.25) is 0 Å². The Kier molecular flexibility index (Phi) is 4.71. The van der Waals surface area contributed by atoms with E-state index in [0.717, 1.165) is 25.9 Å². The Bertz CT molecular complexity index is 66.5. The fourth-order valence-electron chi connectivity index (χ4n) is 1.36. The molecule has 0 spiro atoms. The van der Waals surface area contributed by atoms with Crippen molar-refractivity contribution in [3.05, 3.63) is 0 Å². The molecular weight excluding hydrogens is 124 g/mol. The standard InChI is InChI=1S/C9H20O/c1-5-9(6-2,7-3)10-8-4/h5-8H2,1-4H3. The summed E-state index contributed by atoms with van der Waals surface area (Å²) in [7, 11) is 0. The highest BCUT2D eigenvalue weighted by atomic mass is 16.5. The van der Waals surface area contributed by atoms with E-state index in [1.807, 2.05) is 0 Å². The molecule has 0 atom stereocenters. The van der Waals surface area contributed by atoms with Crippen LogP contribution in [0.25, 0.3) is 0 Å². The molecule has 1 heteroatoms. The Morgan fingerprint density at radius 1 is 0.900 bits per heavy atom. The van der Waals surface area contributed by atoms with E-state index < -0.39 is 0 Å². The van der Waals surface area contributed by atoms with Crippen molar-refractivity contribution in [3.8, 4) is 0 Å². The fraction of sp³-hybridized carbons (Fsp3) is 1.00. The highest BCUT2D eigenvalue weighted by Crippen LogP contribution is 2.23. The van der Waals surface area contributed by atoms with E-state index in [4.69, 9.17) is 4.74 Å². The zero-order chi connectivity index (χ0) is 8.04. The van der Waals surface area contributed by atoms with E-state index in [1.165, 1.54) is 0 Å². The van der Waals surface area contributed by atoms with Gasteiger partial charge in [0.2, 0.25) is 0 Å². The van der Waals surface area contributed by atoms with Crippen LogP contribution in [-0.2, 0) is 4.74 Å². The second kappa shape index (κ2) is 4.73. The van der Waals surface area contributed by atoms with Crippen molar-refractivity contribution in [2.45, 2.75) is 52.6 Å². The molecule has 0 unspecified atom stereocenters. The van der Waals surface area contributed by atoms with E-state index in [9.17, 15) is 0 Å². The number of ether oxygens (including phenoxy) is 1. The first-order chi connectivity index (χ1) is 4.74. The van der Waals surface area contributed by atoms with Crippen molar-refractivity contribution in [1.82, 2.24) is 0 Å². The molecule has 0 heterocycles. The summed E-state index contributed by atoms with van der Waals surface area (Å²) in [6.45, 7) is 9.50. The van der Waals surface area contributed by atoms with Gasteiger partial charge in [-0.05, 0) is 26.2 Å². The minimum Gasteiger partial charge on any atom is -0.375 e. The second-order valence-electron chi connectivity index (χ2n) is 2.68. The predicted octanol–water partition coefficient (Wildman–Crippen LogP) is 2.99. The van der Waals surface area contributed by atoms with Crippen molar-refractivity contribution in [2.24, 2.45) is 0 Å². The molecule has 0 fully saturated rings. The third kappa shape index (κ3) is 2.30. The Balaban J connectivity index is 3.87. The maximum Gasteiger partial charge on any atom is 0.0674 e. The minimum absolute atomic E-state index is 0.175. The molecule has 0 saturated carbocycles. The van der Waals surface area contributed by atoms with Crippen LogP contribution >= 0.6 is 0 Å². The molecule has 0 bridgehead atoms. The highest BCUT2D eigenvalue weighted by molar-refractivity contribution is 4.74. The maximum absolute atomic E-state index is 5.68. The van der Waals surface area contributed by atoms with Gasteiger partial charge in [0.1, 0.15) is 0 Å². The van der Waals surface area contributed by atoms with Gasteiger partial charge >= 0.3 is 0 Å². The Labute approximate surface area is 64.8 Å². The summed E-state index contributed by atoms with van der Waals surface area (Å²) < 4.78 is 5.68. The first-order valence-electron chi connectivity index (χ1n) is 4.38.